The molecule has 4 rings (SSSR count). The second kappa shape index (κ2) is 9.04. The monoisotopic (exact) mass is 450 g/mol. The highest BCUT2D eigenvalue weighted by atomic mass is 35.5. The molecule has 3 aromatic rings. The van der Waals surface area contributed by atoms with Gasteiger partial charge in [0.25, 0.3) is 5.89 Å². The molecular formula is C24H23ClN4OS. The summed E-state index contributed by atoms with van der Waals surface area (Å²) in [5.74, 6) is 0.993. The van der Waals surface area contributed by atoms with Crippen molar-refractivity contribution in [2.45, 2.75) is 26.3 Å². The van der Waals surface area contributed by atoms with Gasteiger partial charge < -0.3 is 14.7 Å². The summed E-state index contributed by atoms with van der Waals surface area (Å²) in [4.78, 5) is 6.69. The highest BCUT2D eigenvalue weighted by molar-refractivity contribution is 7.80. The number of rotatable bonds is 6. The van der Waals surface area contributed by atoms with Gasteiger partial charge in [0.2, 0.25) is 5.82 Å². The number of nitrogens with one attached hydrogen (secondary N) is 1. The fourth-order valence-corrected chi connectivity index (χ4v) is 4.21. The zero-order chi connectivity index (χ0) is 22.0. The van der Waals surface area contributed by atoms with Gasteiger partial charge in [-0.25, -0.2) is 0 Å². The number of allylic oxidation sites excluding steroid dienone is 1. The molecule has 0 fully saturated rings. The number of hydrogen-bond donors (Lipinski definition) is 1. The molecule has 0 radical (unpaired) electrons. The summed E-state index contributed by atoms with van der Waals surface area (Å²) < 4.78 is 5.74. The third kappa shape index (κ3) is 4.27. The predicted octanol–water partition coefficient (Wildman–Crippen LogP) is 5.80. The van der Waals surface area contributed by atoms with E-state index < -0.39 is 0 Å². The number of aromatic nitrogens is 2. The van der Waals surface area contributed by atoms with Gasteiger partial charge in [-0.15, -0.1) is 6.58 Å². The lowest BCUT2D eigenvalue weighted by molar-refractivity contribution is 0.399. The van der Waals surface area contributed by atoms with Gasteiger partial charge in [-0.1, -0.05) is 66.2 Å². The minimum Gasteiger partial charge on any atom is -0.351 e. The molecule has 1 N–H and O–H groups in total. The molecule has 2 aromatic carbocycles. The van der Waals surface area contributed by atoms with Crippen LogP contribution in [0.3, 0.4) is 0 Å². The number of hydrogen-bond acceptors (Lipinski definition) is 4. The first-order valence-corrected chi connectivity index (χ1v) is 10.9. The maximum Gasteiger partial charge on any atom is 0.258 e. The number of nitrogens with zero attached hydrogens (tertiary/aromatic N) is 3. The highest BCUT2D eigenvalue weighted by Gasteiger charge is 2.33. The lowest BCUT2D eigenvalue weighted by Gasteiger charge is -2.36. The molecule has 1 atom stereocenters. The molecule has 1 aromatic heterocycles. The molecule has 1 aliphatic rings. The molecule has 2 heterocycles. The quantitative estimate of drug-likeness (QED) is 0.378. The molecule has 1 aliphatic heterocycles. The summed E-state index contributed by atoms with van der Waals surface area (Å²) in [5, 5.41) is 8.91. The lowest BCUT2D eigenvalue weighted by atomic mass is 9.95. The minimum atomic E-state index is -0.261. The SMILES string of the molecule is C=CCN1C(=S)NC(c2cccc(Cl)c2)C(c2nc(-c3ccc(CC)cc3)no2)=C1C. The smallest absolute Gasteiger partial charge is 0.258 e. The lowest BCUT2D eigenvalue weighted by Crippen LogP contribution is -2.45. The third-order valence-electron chi connectivity index (χ3n) is 5.37. The number of halogens is 1. The van der Waals surface area contributed by atoms with Gasteiger partial charge >= 0.3 is 0 Å². The van der Waals surface area contributed by atoms with E-state index in [2.05, 4.69) is 36.1 Å². The Hall–Kier alpha value is -2.96. The Morgan fingerprint density at radius 2 is 2.03 bits per heavy atom. The van der Waals surface area contributed by atoms with Crippen molar-refractivity contribution in [3.8, 4) is 11.4 Å². The molecule has 0 aliphatic carbocycles. The summed E-state index contributed by atoms with van der Waals surface area (Å²) >= 11 is 11.9. The first-order chi connectivity index (χ1) is 15.0. The summed E-state index contributed by atoms with van der Waals surface area (Å²) in [5.41, 5.74) is 4.94. The summed E-state index contributed by atoms with van der Waals surface area (Å²) in [6.45, 7) is 8.55. The van der Waals surface area contributed by atoms with E-state index in [0.29, 0.717) is 28.4 Å². The van der Waals surface area contributed by atoms with Crippen LogP contribution in [0.2, 0.25) is 5.02 Å². The average Bonchev–Trinajstić information content (AvgIpc) is 3.26. The van der Waals surface area contributed by atoms with Crippen LogP contribution in [0.4, 0.5) is 0 Å². The minimum absolute atomic E-state index is 0.261. The van der Waals surface area contributed by atoms with Gasteiger partial charge in [-0.2, -0.15) is 4.98 Å². The molecule has 158 valence electrons. The van der Waals surface area contributed by atoms with Crippen molar-refractivity contribution in [1.29, 1.82) is 0 Å². The molecule has 0 spiro atoms. The Morgan fingerprint density at radius 3 is 2.71 bits per heavy atom. The van der Waals surface area contributed by atoms with Crippen LogP contribution in [-0.4, -0.2) is 26.7 Å². The van der Waals surface area contributed by atoms with Gasteiger partial charge in [-0.3, -0.25) is 0 Å². The Bertz CT molecular complexity index is 1150. The Kier molecular flexibility index (Phi) is 6.20. The van der Waals surface area contributed by atoms with Crippen molar-refractivity contribution < 1.29 is 4.52 Å². The van der Waals surface area contributed by atoms with Crippen LogP contribution < -0.4 is 5.32 Å². The molecule has 7 heteroatoms. The van der Waals surface area contributed by atoms with Gasteiger partial charge in [-0.05, 0) is 48.8 Å². The number of thiocarbonyl (C=S) groups is 1. The summed E-state index contributed by atoms with van der Waals surface area (Å²) in [6, 6.07) is 15.6. The molecule has 0 saturated heterocycles. The molecule has 31 heavy (non-hydrogen) atoms. The van der Waals surface area contributed by atoms with Crippen molar-refractivity contribution in [1.82, 2.24) is 20.4 Å². The van der Waals surface area contributed by atoms with Crippen LogP contribution >= 0.6 is 23.8 Å². The Labute approximate surface area is 192 Å². The molecular weight excluding hydrogens is 428 g/mol. The molecule has 0 amide bonds. The van der Waals surface area contributed by atoms with Gasteiger partial charge in [0, 0.05) is 22.8 Å². The Morgan fingerprint density at radius 1 is 1.26 bits per heavy atom. The van der Waals surface area contributed by atoms with E-state index in [9.17, 15) is 0 Å². The highest BCUT2D eigenvalue weighted by Crippen LogP contribution is 2.38. The largest absolute Gasteiger partial charge is 0.351 e. The number of aryl methyl sites for hydroxylation is 1. The zero-order valence-corrected chi connectivity index (χ0v) is 19.0. The standard InChI is InChI=1S/C24H23ClN4OS/c1-4-13-29-15(3)20(21(26-24(29)31)18-7-6-8-19(25)14-18)23-27-22(28-30-23)17-11-9-16(5-2)10-12-17/h4,6-12,14,21H,1,5,13H2,2-3H3,(H,26,31). The van der Waals surface area contributed by atoms with Crippen molar-refractivity contribution in [2.75, 3.05) is 6.54 Å². The first-order valence-electron chi connectivity index (χ1n) is 10.1. The normalized spacial score (nSPS) is 16.4. The zero-order valence-electron chi connectivity index (χ0n) is 17.4. The van der Waals surface area contributed by atoms with E-state index in [0.717, 1.165) is 28.8 Å². The van der Waals surface area contributed by atoms with Crippen LogP contribution in [-0.2, 0) is 6.42 Å². The van der Waals surface area contributed by atoms with Crippen LogP contribution in [0, 0.1) is 0 Å². The molecule has 0 saturated carbocycles. The van der Waals surface area contributed by atoms with Crippen molar-refractivity contribution in [3.63, 3.8) is 0 Å². The molecule has 5 nitrogen and oxygen atoms in total. The van der Waals surface area contributed by atoms with E-state index in [4.69, 9.17) is 33.3 Å². The third-order valence-corrected chi connectivity index (χ3v) is 5.94. The van der Waals surface area contributed by atoms with Crippen LogP contribution in [0.5, 0.6) is 0 Å². The topological polar surface area (TPSA) is 54.2 Å². The maximum atomic E-state index is 6.27. The van der Waals surface area contributed by atoms with Crippen molar-refractivity contribution in [3.05, 3.63) is 88.9 Å². The van der Waals surface area contributed by atoms with E-state index in [1.165, 1.54) is 5.56 Å². The summed E-state index contributed by atoms with van der Waals surface area (Å²) in [7, 11) is 0. The van der Waals surface area contributed by atoms with Gasteiger partial charge in [0.15, 0.2) is 5.11 Å². The fourth-order valence-electron chi connectivity index (χ4n) is 3.68. The number of benzene rings is 2. The summed E-state index contributed by atoms with van der Waals surface area (Å²) in [6.07, 6.45) is 2.79. The van der Waals surface area contributed by atoms with E-state index in [1.807, 2.05) is 54.3 Å². The van der Waals surface area contributed by atoms with Crippen molar-refractivity contribution in [2.24, 2.45) is 0 Å². The Balaban J connectivity index is 1.80. The van der Waals surface area contributed by atoms with Crippen LogP contribution in [0.1, 0.15) is 36.9 Å². The van der Waals surface area contributed by atoms with E-state index >= 15 is 0 Å². The van der Waals surface area contributed by atoms with Crippen LogP contribution in [0.15, 0.2) is 71.4 Å². The molecule has 0 bridgehead atoms. The maximum absolute atomic E-state index is 6.27. The average molecular weight is 451 g/mol. The predicted molar refractivity (Wildman–Crippen MR) is 129 cm³/mol. The second-order valence-electron chi connectivity index (χ2n) is 7.31. The van der Waals surface area contributed by atoms with E-state index in [1.54, 1.807) is 0 Å². The van der Waals surface area contributed by atoms with Gasteiger partial charge in [0.1, 0.15) is 0 Å². The van der Waals surface area contributed by atoms with Gasteiger partial charge in [0.05, 0.1) is 11.6 Å². The van der Waals surface area contributed by atoms with E-state index in [-0.39, 0.29) is 6.04 Å². The van der Waals surface area contributed by atoms with Crippen LogP contribution in [0.25, 0.3) is 17.0 Å². The first kappa shape index (κ1) is 21.3. The second-order valence-corrected chi connectivity index (χ2v) is 8.13. The fraction of sp³-hybridized carbons (Fsp3) is 0.208. The molecule has 1 unspecified atom stereocenters. The van der Waals surface area contributed by atoms with Crippen molar-refractivity contribution >= 4 is 34.5 Å².